The Balaban J connectivity index is 4.27. The molecule has 1 unspecified atom stereocenters. The summed E-state index contributed by atoms with van der Waals surface area (Å²) < 4.78 is 33.1. The molecule has 0 amide bonds. The molecule has 0 aliphatic rings. The highest BCUT2D eigenvalue weighted by Crippen LogP contribution is 2.43. The number of allylic oxidation sites excluding steroid dienone is 1. The molecule has 11 heteroatoms. The van der Waals surface area contributed by atoms with Gasteiger partial charge in [-0.15, -0.1) is 0 Å². The zero-order valence-corrected chi connectivity index (χ0v) is 34.3. The fourth-order valence-corrected chi connectivity index (χ4v) is 6.82. The standard InChI is InChI=1S/C41H80NO9P/c1-3-5-7-9-11-13-15-17-19-20-22-24-26-28-30-32-34-48-35-38(36-49-52(46,47)50-37-39(42)41(44)45)51-40(43)33-31-29-27-25-23-21-18-16-14-12-10-8-6-4-2/h32,34,38-39H,3-31,33,35-37,42H2,1-2H3,(H,44,45)(H,46,47)/b34-32-/t38-,39+/m1/s1. The van der Waals surface area contributed by atoms with Gasteiger partial charge in [0.1, 0.15) is 12.6 Å². The van der Waals surface area contributed by atoms with Crippen molar-refractivity contribution >= 4 is 19.8 Å². The first kappa shape index (κ1) is 50.5. The Labute approximate surface area is 318 Å². The van der Waals surface area contributed by atoms with Crippen molar-refractivity contribution in [2.45, 2.75) is 219 Å². The van der Waals surface area contributed by atoms with E-state index in [4.69, 9.17) is 29.4 Å². The van der Waals surface area contributed by atoms with E-state index < -0.39 is 45.1 Å². The molecular formula is C41H80NO9P. The molecule has 0 heterocycles. The van der Waals surface area contributed by atoms with Crippen molar-refractivity contribution in [1.29, 1.82) is 0 Å². The molecule has 10 nitrogen and oxygen atoms in total. The quantitative estimate of drug-likeness (QED) is 0.0237. The second-order valence-corrected chi connectivity index (χ2v) is 16.0. The minimum Gasteiger partial charge on any atom is -0.498 e. The SMILES string of the molecule is CCCCCCCCCCCCCCCC/C=C\OC[C@H](COP(=O)(O)OC[C@H](N)C(=O)O)OC(=O)CCCCCCCCCCCCCCCC. The Morgan fingerprint density at radius 3 is 1.40 bits per heavy atom. The van der Waals surface area contributed by atoms with Crippen molar-refractivity contribution in [3.05, 3.63) is 12.3 Å². The van der Waals surface area contributed by atoms with Crippen LogP contribution in [0.3, 0.4) is 0 Å². The molecule has 0 aromatic heterocycles. The minimum absolute atomic E-state index is 0.0612. The van der Waals surface area contributed by atoms with Gasteiger partial charge in [0.25, 0.3) is 0 Å². The second kappa shape index (κ2) is 37.8. The second-order valence-electron chi connectivity index (χ2n) is 14.6. The molecule has 0 fully saturated rings. The third kappa shape index (κ3) is 36.9. The Kier molecular flexibility index (Phi) is 36.8. The van der Waals surface area contributed by atoms with Gasteiger partial charge in [-0.1, -0.05) is 181 Å². The summed E-state index contributed by atoms with van der Waals surface area (Å²) in [6.07, 6.45) is 39.2. The molecule has 52 heavy (non-hydrogen) atoms. The van der Waals surface area contributed by atoms with E-state index in [1.165, 1.54) is 154 Å². The van der Waals surface area contributed by atoms with Gasteiger partial charge in [0, 0.05) is 6.42 Å². The normalized spacial score (nSPS) is 14.0. The molecule has 0 spiro atoms. The molecule has 4 N–H and O–H groups in total. The van der Waals surface area contributed by atoms with Gasteiger partial charge in [-0.2, -0.15) is 0 Å². The van der Waals surface area contributed by atoms with E-state index in [0.29, 0.717) is 6.42 Å². The Bertz CT molecular complexity index is 888. The van der Waals surface area contributed by atoms with E-state index >= 15 is 0 Å². The van der Waals surface area contributed by atoms with Gasteiger partial charge in [0.05, 0.1) is 19.5 Å². The average Bonchev–Trinajstić information content (AvgIpc) is 3.12. The van der Waals surface area contributed by atoms with Gasteiger partial charge in [-0.05, 0) is 25.3 Å². The molecule has 0 aliphatic heterocycles. The van der Waals surface area contributed by atoms with Crippen molar-refractivity contribution in [3.8, 4) is 0 Å². The van der Waals surface area contributed by atoms with Gasteiger partial charge in [0.2, 0.25) is 0 Å². The Morgan fingerprint density at radius 1 is 0.596 bits per heavy atom. The predicted octanol–water partition coefficient (Wildman–Crippen LogP) is 11.7. The van der Waals surface area contributed by atoms with Crippen molar-refractivity contribution in [2.24, 2.45) is 5.73 Å². The molecule has 0 radical (unpaired) electrons. The number of rotatable bonds is 41. The van der Waals surface area contributed by atoms with Gasteiger partial charge in [-0.25, -0.2) is 4.57 Å². The van der Waals surface area contributed by atoms with Crippen LogP contribution >= 0.6 is 7.82 Å². The smallest absolute Gasteiger partial charge is 0.472 e. The molecule has 3 atom stereocenters. The Morgan fingerprint density at radius 2 is 0.981 bits per heavy atom. The first-order valence-corrected chi connectivity index (χ1v) is 22.8. The summed E-state index contributed by atoms with van der Waals surface area (Å²) in [6, 6.07) is -1.48. The van der Waals surface area contributed by atoms with Crippen LogP contribution in [0.2, 0.25) is 0 Å². The number of carboxylic acid groups (broad SMARTS) is 1. The maximum absolute atomic E-state index is 12.6. The van der Waals surface area contributed by atoms with Crippen LogP contribution in [-0.2, 0) is 32.7 Å². The summed E-state index contributed by atoms with van der Waals surface area (Å²) in [5, 5.41) is 8.88. The molecule has 0 saturated carbocycles. The predicted molar refractivity (Wildman–Crippen MR) is 212 cm³/mol. The number of hydrogen-bond acceptors (Lipinski definition) is 8. The Hall–Kier alpha value is -1.45. The lowest BCUT2D eigenvalue weighted by molar-refractivity contribution is -0.153. The topological polar surface area (TPSA) is 155 Å². The number of hydrogen-bond donors (Lipinski definition) is 3. The maximum atomic E-state index is 12.6. The van der Waals surface area contributed by atoms with E-state index in [1.54, 1.807) is 6.26 Å². The van der Waals surface area contributed by atoms with Crippen LogP contribution in [0.5, 0.6) is 0 Å². The van der Waals surface area contributed by atoms with Crippen molar-refractivity contribution in [2.75, 3.05) is 19.8 Å². The largest absolute Gasteiger partial charge is 0.498 e. The van der Waals surface area contributed by atoms with E-state index in [-0.39, 0.29) is 13.0 Å². The van der Waals surface area contributed by atoms with Crippen LogP contribution in [0.4, 0.5) is 0 Å². The third-order valence-electron chi connectivity index (χ3n) is 9.39. The van der Waals surface area contributed by atoms with Gasteiger partial charge >= 0.3 is 19.8 Å². The van der Waals surface area contributed by atoms with Gasteiger partial charge < -0.3 is 25.2 Å². The molecule has 0 saturated heterocycles. The summed E-state index contributed by atoms with van der Waals surface area (Å²) in [6.45, 7) is 3.29. The molecule has 0 rings (SSSR count). The van der Waals surface area contributed by atoms with E-state index in [1.807, 2.05) is 6.08 Å². The minimum atomic E-state index is -4.62. The van der Waals surface area contributed by atoms with Crippen molar-refractivity contribution in [1.82, 2.24) is 0 Å². The number of carbonyl (C=O) groups excluding carboxylic acids is 1. The number of aliphatic carboxylic acids is 1. The first-order chi connectivity index (χ1) is 25.2. The lowest BCUT2D eigenvalue weighted by atomic mass is 10.0. The molecule has 0 aromatic carbocycles. The first-order valence-electron chi connectivity index (χ1n) is 21.3. The number of nitrogens with two attached hydrogens (primary N) is 1. The van der Waals surface area contributed by atoms with E-state index in [2.05, 4.69) is 13.8 Å². The fraction of sp³-hybridized carbons (Fsp3) is 0.902. The van der Waals surface area contributed by atoms with Gasteiger partial charge in [-0.3, -0.25) is 18.6 Å². The van der Waals surface area contributed by atoms with Crippen LogP contribution in [0.1, 0.15) is 206 Å². The summed E-state index contributed by atoms with van der Waals surface area (Å²) in [5.41, 5.74) is 5.34. The maximum Gasteiger partial charge on any atom is 0.472 e. The fourth-order valence-electron chi connectivity index (χ4n) is 6.04. The van der Waals surface area contributed by atoms with Crippen LogP contribution in [0.15, 0.2) is 12.3 Å². The van der Waals surface area contributed by atoms with E-state index in [9.17, 15) is 19.0 Å². The van der Waals surface area contributed by atoms with Crippen LogP contribution in [0.25, 0.3) is 0 Å². The van der Waals surface area contributed by atoms with Crippen LogP contribution in [-0.4, -0.2) is 53.9 Å². The molecule has 0 aliphatic carbocycles. The number of unbranched alkanes of at least 4 members (excludes halogenated alkanes) is 27. The van der Waals surface area contributed by atoms with Crippen molar-refractivity contribution in [3.63, 3.8) is 0 Å². The van der Waals surface area contributed by atoms with Crippen LogP contribution in [0, 0.1) is 0 Å². The molecule has 0 bridgehead atoms. The number of esters is 1. The lowest BCUT2D eigenvalue weighted by Gasteiger charge is -2.20. The number of phosphoric ester groups is 1. The number of phosphoric acid groups is 1. The lowest BCUT2D eigenvalue weighted by Crippen LogP contribution is -2.34. The highest BCUT2D eigenvalue weighted by molar-refractivity contribution is 7.47. The summed E-state index contributed by atoms with van der Waals surface area (Å²) in [4.78, 5) is 33.4. The zero-order valence-electron chi connectivity index (χ0n) is 33.4. The zero-order chi connectivity index (χ0) is 38.4. The summed E-state index contributed by atoms with van der Waals surface area (Å²) >= 11 is 0. The van der Waals surface area contributed by atoms with Crippen molar-refractivity contribution < 1.29 is 42.7 Å². The number of ether oxygens (including phenoxy) is 2. The molecular weight excluding hydrogens is 681 g/mol. The number of carboxylic acids is 1. The monoisotopic (exact) mass is 762 g/mol. The third-order valence-corrected chi connectivity index (χ3v) is 10.3. The molecule has 0 aromatic rings. The van der Waals surface area contributed by atoms with E-state index in [0.717, 1.165) is 25.7 Å². The number of carbonyl (C=O) groups is 2. The average molecular weight is 762 g/mol. The highest BCUT2D eigenvalue weighted by atomic mass is 31.2. The highest BCUT2D eigenvalue weighted by Gasteiger charge is 2.27. The summed E-state index contributed by atoms with van der Waals surface area (Å²) in [7, 11) is -4.62. The van der Waals surface area contributed by atoms with Gasteiger partial charge in [0.15, 0.2) is 6.10 Å². The molecule has 308 valence electrons. The van der Waals surface area contributed by atoms with Crippen LogP contribution < -0.4 is 5.73 Å². The summed E-state index contributed by atoms with van der Waals surface area (Å²) in [5.74, 6) is -1.80.